The standard InChI is InChI=1S/C17H22FNO/c1-13-5-3-6-14(2)19(13)12-16-9-15(7-4-8-20)10-17(18)11-16/h9-11,13-14,20H,3,5-6,8,12H2,1-2H3/t13-,14+. The molecule has 3 heteroatoms. The normalized spacial score (nSPS) is 23.2. The Bertz CT molecular complexity index is 507. The zero-order valence-electron chi connectivity index (χ0n) is 12.2. The first-order valence-electron chi connectivity index (χ1n) is 7.25. The van der Waals surface area contributed by atoms with Crippen LogP contribution >= 0.6 is 0 Å². The topological polar surface area (TPSA) is 23.5 Å². The average Bonchev–Trinajstić information content (AvgIpc) is 2.40. The molecule has 0 saturated carbocycles. The van der Waals surface area contributed by atoms with Crippen LogP contribution in [0.25, 0.3) is 0 Å². The van der Waals surface area contributed by atoms with Crippen LogP contribution in [0.3, 0.4) is 0 Å². The number of hydrogen-bond acceptors (Lipinski definition) is 2. The van der Waals surface area contributed by atoms with Crippen molar-refractivity contribution >= 4 is 0 Å². The molecule has 0 amide bonds. The maximum absolute atomic E-state index is 13.7. The molecule has 1 N–H and O–H groups in total. The van der Waals surface area contributed by atoms with Gasteiger partial charge in [0.2, 0.25) is 0 Å². The lowest BCUT2D eigenvalue weighted by atomic mass is 9.96. The molecule has 1 aromatic rings. The predicted molar refractivity (Wildman–Crippen MR) is 78.7 cm³/mol. The summed E-state index contributed by atoms with van der Waals surface area (Å²) in [4.78, 5) is 2.43. The first-order valence-corrected chi connectivity index (χ1v) is 7.25. The minimum Gasteiger partial charge on any atom is -0.384 e. The molecule has 1 aliphatic rings. The maximum Gasteiger partial charge on any atom is 0.124 e. The number of aliphatic hydroxyl groups excluding tert-OH is 1. The predicted octanol–water partition coefficient (Wildman–Crippen LogP) is 2.93. The van der Waals surface area contributed by atoms with Crippen molar-refractivity contribution in [1.82, 2.24) is 4.90 Å². The molecular weight excluding hydrogens is 253 g/mol. The summed E-state index contributed by atoms with van der Waals surface area (Å²) in [6.07, 6.45) is 3.68. The van der Waals surface area contributed by atoms with E-state index in [9.17, 15) is 4.39 Å². The molecule has 1 fully saturated rings. The van der Waals surface area contributed by atoms with Gasteiger partial charge in [0.25, 0.3) is 0 Å². The molecule has 0 spiro atoms. The van der Waals surface area contributed by atoms with Crippen LogP contribution in [0.5, 0.6) is 0 Å². The first-order chi connectivity index (χ1) is 9.60. The van der Waals surface area contributed by atoms with Crippen molar-refractivity contribution in [3.8, 4) is 11.8 Å². The molecule has 1 aliphatic heterocycles. The second-order valence-corrected chi connectivity index (χ2v) is 5.61. The Labute approximate surface area is 120 Å². The molecule has 1 aromatic carbocycles. The van der Waals surface area contributed by atoms with E-state index < -0.39 is 0 Å². The van der Waals surface area contributed by atoms with Crippen LogP contribution in [0.2, 0.25) is 0 Å². The molecule has 0 aromatic heterocycles. The van der Waals surface area contributed by atoms with Crippen molar-refractivity contribution in [2.75, 3.05) is 6.61 Å². The van der Waals surface area contributed by atoms with E-state index >= 15 is 0 Å². The maximum atomic E-state index is 13.7. The Morgan fingerprint density at radius 3 is 2.60 bits per heavy atom. The van der Waals surface area contributed by atoms with Gasteiger partial charge in [-0.25, -0.2) is 4.39 Å². The lowest BCUT2D eigenvalue weighted by Gasteiger charge is -2.39. The number of piperidine rings is 1. The van der Waals surface area contributed by atoms with Gasteiger partial charge in [0.15, 0.2) is 0 Å². The van der Waals surface area contributed by atoms with Gasteiger partial charge in [-0.1, -0.05) is 18.3 Å². The Balaban J connectivity index is 2.17. The monoisotopic (exact) mass is 275 g/mol. The zero-order valence-corrected chi connectivity index (χ0v) is 12.2. The zero-order chi connectivity index (χ0) is 14.5. The van der Waals surface area contributed by atoms with Crippen molar-refractivity contribution in [3.05, 3.63) is 35.1 Å². The minimum atomic E-state index is -0.262. The molecule has 108 valence electrons. The number of likely N-dealkylation sites (tertiary alicyclic amines) is 1. The molecule has 0 bridgehead atoms. The lowest BCUT2D eigenvalue weighted by Crippen LogP contribution is -2.42. The van der Waals surface area contributed by atoms with Gasteiger partial charge in [-0.15, -0.1) is 0 Å². The van der Waals surface area contributed by atoms with E-state index in [0.717, 1.165) is 12.1 Å². The highest BCUT2D eigenvalue weighted by molar-refractivity contribution is 5.37. The van der Waals surface area contributed by atoms with Gasteiger partial charge in [0.05, 0.1) is 0 Å². The van der Waals surface area contributed by atoms with Gasteiger partial charge in [0, 0.05) is 24.2 Å². The van der Waals surface area contributed by atoms with Crippen LogP contribution in [-0.2, 0) is 6.54 Å². The molecule has 1 heterocycles. The van der Waals surface area contributed by atoms with Crippen molar-refractivity contribution < 1.29 is 9.50 Å². The Kier molecular flexibility index (Phi) is 5.17. The molecule has 2 atom stereocenters. The highest BCUT2D eigenvalue weighted by Gasteiger charge is 2.24. The largest absolute Gasteiger partial charge is 0.384 e. The fourth-order valence-electron chi connectivity index (χ4n) is 2.95. The van der Waals surface area contributed by atoms with Gasteiger partial charge in [0.1, 0.15) is 12.4 Å². The highest BCUT2D eigenvalue weighted by Crippen LogP contribution is 2.25. The Morgan fingerprint density at radius 1 is 1.25 bits per heavy atom. The second kappa shape index (κ2) is 6.88. The molecule has 0 aliphatic carbocycles. The van der Waals surface area contributed by atoms with Gasteiger partial charge < -0.3 is 5.11 Å². The quantitative estimate of drug-likeness (QED) is 0.839. The summed E-state index contributed by atoms with van der Waals surface area (Å²) in [5, 5.41) is 8.72. The summed E-state index contributed by atoms with van der Waals surface area (Å²) in [7, 11) is 0. The van der Waals surface area contributed by atoms with E-state index in [4.69, 9.17) is 5.11 Å². The van der Waals surface area contributed by atoms with Crippen molar-refractivity contribution in [3.63, 3.8) is 0 Å². The number of halogens is 1. The molecular formula is C17H22FNO. The molecule has 0 radical (unpaired) electrons. The van der Waals surface area contributed by atoms with Gasteiger partial charge >= 0.3 is 0 Å². The Morgan fingerprint density at radius 2 is 1.95 bits per heavy atom. The molecule has 0 unspecified atom stereocenters. The number of nitrogens with zero attached hydrogens (tertiary/aromatic N) is 1. The number of rotatable bonds is 2. The van der Waals surface area contributed by atoms with Crippen LogP contribution in [0.4, 0.5) is 4.39 Å². The summed E-state index contributed by atoms with van der Waals surface area (Å²) >= 11 is 0. The van der Waals surface area contributed by atoms with Crippen molar-refractivity contribution in [2.24, 2.45) is 0 Å². The minimum absolute atomic E-state index is 0.202. The fourth-order valence-corrected chi connectivity index (χ4v) is 2.95. The molecule has 20 heavy (non-hydrogen) atoms. The smallest absolute Gasteiger partial charge is 0.124 e. The van der Waals surface area contributed by atoms with E-state index in [2.05, 4.69) is 30.6 Å². The van der Waals surface area contributed by atoms with Crippen LogP contribution in [0.1, 0.15) is 44.2 Å². The molecule has 2 rings (SSSR count). The summed E-state index contributed by atoms with van der Waals surface area (Å²) in [5.41, 5.74) is 1.58. The van der Waals surface area contributed by atoms with Crippen LogP contribution in [0.15, 0.2) is 18.2 Å². The SMILES string of the molecule is C[C@@H]1CCC[C@H](C)N1Cc1cc(F)cc(C#CCO)c1. The van der Waals surface area contributed by atoms with E-state index in [1.54, 1.807) is 6.07 Å². The van der Waals surface area contributed by atoms with Gasteiger partial charge in [-0.05, 0) is 50.5 Å². The van der Waals surface area contributed by atoms with E-state index in [1.165, 1.54) is 25.3 Å². The second-order valence-electron chi connectivity index (χ2n) is 5.61. The highest BCUT2D eigenvalue weighted by atomic mass is 19.1. The average molecular weight is 275 g/mol. The Hall–Kier alpha value is -1.37. The first kappa shape index (κ1) is 15.0. The third-order valence-electron chi connectivity index (χ3n) is 4.01. The summed E-state index contributed by atoms with van der Waals surface area (Å²) in [6.45, 7) is 5.03. The van der Waals surface area contributed by atoms with Crippen LogP contribution in [-0.4, -0.2) is 28.7 Å². The summed E-state index contributed by atoms with van der Waals surface area (Å²) in [5.74, 6) is 5.08. The van der Waals surface area contributed by atoms with Gasteiger partial charge in [-0.2, -0.15) is 0 Å². The molecule has 1 saturated heterocycles. The van der Waals surface area contributed by atoms with E-state index in [-0.39, 0.29) is 12.4 Å². The number of benzene rings is 1. The van der Waals surface area contributed by atoms with Crippen LogP contribution in [0, 0.1) is 17.7 Å². The van der Waals surface area contributed by atoms with Crippen LogP contribution < -0.4 is 0 Å². The van der Waals surface area contributed by atoms with Gasteiger partial charge in [-0.3, -0.25) is 4.90 Å². The summed E-state index contributed by atoms with van der Waals surface area (Å²) in [6, 6.07) is 5.98. The van der Waals surface area contributed by atoms with Crippen molar-refractivity contribution in [1.29, 1.82) is 0 Å². The third-order valence-corrected chi connectivity index (χ3v) is 4.01. The lowest BCUT2D eigenvalue weighted by molar-refractivity contribution is 0.0951. The molecule has 2 nitrogen and oxygen atoms in total. The number of aliphatic hydroxyl groups is 1. The van der Waals surface area contributed by atoms with E-state index in [1.807, 2.05) is 6.07 Å². The number of hydrogen-bond donors (Lipinski definition) is 1. The van der Waals surface area contributed by atoms with E-state index in [0.29, 0.717) is 17.6 Å². The summed E-state index contributed by atoms with van der Waals surface area (Å²) < 4.78 is 13.7. The fraction of sp³-hybridized carbons (Fsp3) is 0.529. The third kappa shape index (κ3) is 3.82. The van der Waals surface area contributed by atoms with Crippen molar-refractivity contribution in [2.45, 2.75) is 51.7 Å².